The van der Waals surface area contributed by atoms with Crippen molar-refractivity contribution in [3.8, 4) is 11.1 Å². The quantitative estimate of drug-likeness (QED) is 0.344. The fraction of sp³-hybridized carbons (Fsp3) is 0.545. The monoisotopic (exact) mass is 547 g/mol. The number of pyridine rings is 1. The van der Waals surface area contributed by atoms with Gasteiger partial charge >= 0.3 is 0 Å². The molecule has 1 unspecified atom stereocenters. The summed E-state index contributed by atoms with van der Waals surface area (Å²) in [7, 11) is 4.34. The van der Waals surface area contributed by atoms with E-state index in [9.17, 15) is 9.59 Å². The number of carbonyl (C=O) groups excluding carboxylic acids is 2. The molecule has 2 aromatic rings. The van der Waals surface area contributed by atoms with Crippen LogP contribution in [-0.2, 0) is 4.79 Å². The van der Waals surface area contributed by atoms with Gasteiger partial charge in [0.2, 0.25) is 5.91 Å². The van der Waals surface area contributed by atoms with Crippen LogP contribution in [0.4, 0.5) is 5.69 Å². The minimum atomic E-state index is -0.151. The van der Waals surface area contributed by atoms with Crippen LogP contribution in [0.1, 0.15) is 82.1 Å². The fourth-order valence-electron chi connectivity index (χ4n) is 5.71. The van der Waals surface area contributed by atoms with Gasteiger partial charge in [0.25, 0.3) is 5.91 Å². The molecule has 1 aromatic carbocycles. The van der Waals surface area contributed by atoms with E-state index in [4.69, 9.17) is 0 Å². The highest BCUT2D eigenvalue weighted by atomic mass is 16.2. The average Bonchev–Trinajstić information content (AvgIpc) is 2.94. The lowest BCUT2D eigenvalue weighted by molar-refractivity contribution is -0.120. The van der Waals surface area contributed by atoms with Crippen molar-refractivity contribution in [1.82, 2.24) is 20.5 Å². The molecule has 1 saturated carbocycles. The Morgan fingerprint density at radius 1 is 1.05 bits per heavy atom. The largest absolute Gasteiger partial charge is 0.369 e. The topological polar surface area (TPSA) is 77.6 Å². The summed E-state index contributed by atoms with van der Waals surface area (Å²) >= 11 is 0. The number of benzene rings is 1. The molecule has 1 atom stereocenters. The van der Waals surface area contributed by atoms with Crippen molar-refractivity contribution in [2.75, 3.05) is 32.1 Å². The molecule has 1 fully saturated rings. The van der Waals surface area contributed by atoms with Crippen LogP contribution in [0.3, 0.4) is 0 Å². The summed E-state index contributed by atoms with van der Waals surface area (Å²) in [6, 6.07) is 9.23. The molecular weight excluding hydrogens is 498 g/mol. The summed E-state index contributed by atoms with van der Waals surface area (Å²) in [5.41, 5.74) is 5.62. The summed E-state index contributed by atoms with van der Waals surface area (Å²) in [5.74, 6) is 0.169. The van der Waals surface area contributed by atoms with Crippen molar-refractivity contribution in [3.63, 3.8) is 0 Å². The van der Waals surface area contributed by atoms with Crippen molar-refractivity contribution >= 4 is 17.5 Å². The van der Waals surface area contributed by atoms with E-state index in [0.717, 1.165) is 53.9 Å². The van der Waals surface area contributed by atoms with Gasteiger partial charge in [0.05, 0.1) is 0 Å². The highest BCUT2D eigenvalue weighted by Crippen LogP contribution is 2.35. The molecule has 7 heteroatoms. The Bertz CT molecular complexity index is 1150. The number of amides is 2. The van der Waals surface area contributed by atoms with Crippen LogP contribution in [0.5, 0.6) is 0 Å². The van der Waals surface area contributed by atoms with Gasteiger partial charge in [-0.15, -0.1) is 0 Å². The second-order valence-electron chi connectivity index (χ2n) is 11.4. The zero-order valence-electron chi connectivity index (χ0n) is 25.6. The molecule has 1 heterocycles. The minimum Gasteiger partial charge on any atom is -0.369 e. The first-order valence-corrected chi connectivity index (χ1v) is 14.9. The average molecular weight is 548 g/mol. The Hall–Kier alpha value is -3.19. The maximum Gasteiger partial charge on any atom is 0.251 e. The third-order valence-electron chi connectivity index (χ3n) is 8.28. The van der Waals surface area contributed by atoms with Gasteiger partial charge < -0.3 is 20.4 Å². The molecule has 2 N–H and O–H groups in total. The number of aromatic nitrogens is 1. The third-order valence-corrected chi connectivity index (χ3v) is 8.28. The van der Waals surface area contributed by atoms with Crippen LogP contribution in [-0.4, -0.2) is 61.0 Å². The van der Waals surface area contributed by atoms with Gasteiger partial charge in [-0.3, -0.25) is 14.6 Å². The Morgan fingerprint density at radius 2 is 1.70 bits per heavy atom. The number of hydrogen-bond acceptors (Lipinski definition) is 5. The zero-order valence-corrected chi connectivity index (χ0v) is 25.6. The van der Waals surface area contributed by atoms with Crippen molar-refractivity contribution in [1.29, 1.82) is 0 Å². The minimum absolute atomic E-state index is 0.0919. The molecule has 0 spiro atoms. The normalized spacial score (nSPS) is 18.4. The van der Waals surface area contributed by atoms with Crippen LogP contribution in [0.15, 0.2) is 48.4 Å². The van der Waals surface area contributed by atoms with E-state index in [1.807, 2.05) is 32.0 Å². The van der Waals surface area contributed by atoms with Crippen LogP contribution in [0, 0.1) is 12.8 Å². The van der Waals surface area contributed by atoms with Crippen LogP contribution in [0.2, 0.25) is 0 Å². The number of nitrogens with one attached hydrogen (secondary N) is 2. The fourth-order valence-corrected chi connectivity index (χ4v) is 5.71. The smallest absolute Gasteiger partial charge is 0.251 e. The second-order valence-corrected chi connectivity index (χ2v) is 11.4. The van der Waals surface area contributed by atoms with Crippen LogP contribution >= 0.6 is 0 Å². The van der Waals surface area contributed by atoms with Crippen LogP contribution < -0.4 is 15.5 Å². The summed E-state index contributed by atoms with van der Waals surface area (Å²) in [6.45, 7) is 11.6. The molecule has 0 aliphatic heterocycles. The Morgan fingerprint density at radius 3 is 2.30 bits per heavy atom. The summed E-state index contributed by atoms with van der Waals surface area (Å²) < 4.78 is 0. The number of nitrogens with zero attached hydrogens (tertiary/aromatic N) is 3. The highest BCUT2D eigenvalue weighted by molar-refractivity contribution is 5.99. The molecule has 1 aromatic heterocycles. The molecule has 7 nitrogen and oxygen atoms in total. The molecule has 3 rings (SSSR count). The van der Waals surface area contributed by atoms with Gasteiger partial charge in [-0.25, -0.2) is 0 Å². The van der Waals surface area contributed by atoms with Gasteiger partial charge in [0.1, 0.15) is 0 Å². The molecule has 218 valence electrons. The third kappa shape index (κ3) is 8.40. The Kier molecular flexibility index (Phi) is 11.7. The van der Waals surface area contributed by atoms with Crippen molar-refractivity contribution in [2.24, 2.45) is 5.92 Å². The molecule has 0 saturated heterocycles. The summed E-state index contributed by atoms with van der Waals surface area (Å²) in [6.07, 6.45) is 11.5. The van der Waals surface area contributed by atoms with E-state index in [0.29, 0.717) is 23.6 Å². The first-order valence-electron chi connectivity index (χ1n) is 14.9. The van der Waals surface area contributed by atoms with E-state index < -0.39 is 0 Å². The lowest BCUT2D eigenvalue weighted by atomic mass is 9.88. The predicted octanol–water partition coefficient (Wildman–Crippen LogP) is 5.94. The maximum atomic E-state index is 13.5. The first-order chi connectivity index (χ1) is 19.1. The van der Waals surface area contributed by atoms with E-state index >= 15 is 0 Å². The number of hydrogen-bond donors (Lipinski definition) is 2. The SMILES string of the molecule is CCC(C)/C=C(/C)NC(=O)CCNC(=O)c1cc(-c2ccncc2)cc(N(CC)C2CCC(N(C)C)CC2)c1C. The first kappa shape index (κ1) is 31.3. The summed E-state index contributed by atoms with van der Waals surface area (Å²) in [5, 5.41) is 5.93. The predicted molar refractivity (Wildman–Crippen MR) is 165 cm³/mol. The molecule has 0 bridgehead atoms. The zero-order chi connectivity index (χ0) is 29.2. The van der Waals surface area contributed by atoms with E-state index in [1.54, 1.807) is 12.4 Å². The van der Waals surface area contributed by atoms with Crippen LogP contribution in [0.25, 0.3) is 11.1 Å². The molecule has 40 heavy (non-hydrogen) atoms. The number of allylic oxidation sites excluding steroid dienone is 2. The van der Waals surface area contributed by atoms with E-state index in [2.05, 4.69) is 72.4 Å². The standard InChI is InChI=1S/C33H49N5O2/c1-8-23(3)20-24(4)36-32(39)16-19-35-33(40)30-21-27(26-14-17-34-18-15-26)22-31(25(30)5)38(9-2)29-12-10-28(11-13-29)37(6)7/h14-15,17-18,20-23,28-29H,8-13,16,19H2,1-7H3,(H,35,40)(H,36,39)/b24-20-. The highest BCUT2D eigenvalue weighted by Gasteiger charge is 2.28. The molecule has 1 aliphatic rings. The molecule has 2 amide bonds. The Balaban J connectivity index is 1.81. The van der Waals surface area contributed by atoms with Gasteiger partial charge in [-0.2, -0.15) is 0 Å². The van der Waals surface area contributed by atoms with E-state index in [1.165, 1.54) is 12.8 Å². The number of anilines is 1. The second kappa shape index (κ2) is 15.0. The molecular formula is C33H49N5O2. The lowest BCUT2D eigenvalue weighted by Crippen LogP contribution is -2.42. The number of carbonyl (C=O) groups is 2. The van der Waals surface area contributed by atoms with Gasteiger partial charge in [-0.05, 0) is 107 Å². The maximum absolute atomic E-state index is 13.5. The van der Waals surface area contributed by atoms with Crippen molar-refractivity contribution in [2.45, 2.75) is 85.2 Å². The van der Waals surface area contributed by atoms with Crippen molar-refractivity contribution < 1.29 is 9.59 Å². The Labute approximate surface area is 241 Å². The number of rotatable bonds is 12. The van der Waals surface area contributed by atoms with Crippen molar-refractivity contribution in [3.05, 3.63) is 59.6 Å². The molecule has 0 radical (unpaired) electrons. The van der Waals surface area contributed by atoms with E-state index in [-0.39, 0.29) is 24.8 Å². The van der Waals surface area contributed by atoms with Gasteiger partial charge in [0, 0.05) is 60.9 Å². The lowest BCUT2D eigenvalue weighted by Gasteiger charge is -2.40. The van der Waals surface area contributed by atoms with Gasteiger partial charge in [-0.1, -0.05) is 26.3 Å². The molecule has 1 aliphatic carbocycles. The van der Waals surface area contributed by atoms with Gasteiger partial charge in [0.15, 0.2) is 0 Å². The summed E-state index contributed by atoms with van der Waals surface area (Å²) in [4.78, 5) is 35.0.